The third-order valence-electron chi connectivity index (χ3n) is 1.57. The number of carbonyl (C=O) groups excluding carboxylic acids is 1. The standard InChI is InChI=1S/C8H18N2O2/c1-8(12)9-4-3-5-10(2)6-7-11/h11H,3-7H2,1-2H3,(H,9,12). The highest BCUT2D eigenvalue weighted by Crippen LogP contribution is 1.84. The highest BCUT2D eigenvalue weighted by Gasteiger charge is 1.96. The van der Waals surface area contributed by atoms with Gasteiger partial charge in [0.2, 0.25) is 5.91 Å². The molecule has 0 fully saturated rings. The molecular formula is C8H18N2O2. The molecule has 4 heteroatoms. The fourth-order valence-electron chi connectivity index (χ4n) is 0.896. The maximum Gasteiger partial charge on any atom is 0.216 e. The molecule has 0 aliphatic heterocycles. The zero-order valence-electron chi connectivity index (χ0n) is 7.84. The molecule has 0 aliphatic rings. The largest absolute Gasteiger partial charge is 0.395 e. The summed E-state index contributed by atoms with van der Waals surface area (Å²) in [7, 11) is 1.95. The van der Waals surface area contributed by atoms with Gasteiger partial charge in [0.25, 0.3) is 0 Å². The van der Waals surface area contributed by atoms with Crippen molar-refractivity contribution in [2.24, 2.45) is 0 Å². The molecule has 0 heterocycles. The van der Waals surface area contributed by atoms with Gasteiger partial charge in [0.1, 0.15) is 0 Å². The average Bonchev–Trinajstić information content (AvgIpc) is 1.98. The van der Waals surface area contributed by atoms with Crippen LogP contribution in [-0.4, -0.2) is 49.2 Å². The van der Waals surface area contributed by atoms with Crippen molar-refractivity contribution in [1.29, 1.82) is 0 Å². The number of hydrogen-bond acceptors (Lipinski definition) is 3. The molecule has 0 radical (unpaired) electrons. The molecule has 0 aromatic carbocycles. The number of nitrogens with zero attached hydrogens (tertiary/aromatic N) is 1. The van der Waals surface area contributed by atoms with Gasteiger partial charge < -0.3 is 15.3 Å². The zero-order valence-corrected chi connectivity index (χ0v) is 7.84. The predicted molar refractivity (Wildman–Crippen MR) is 47.9 cm³/mol. The van der Waals surface area contributed by atoms with Gasteiger partial charge in [-0.25, -0.2) is 0 Å². The first-order valence-electron chi connectivity index (χ1n) is 4.20. The van der Waals surface area contributed by atoms with Crippen LogP contribution in [0.5, 0.6) is 0 Å². The van der Waals surface area contributed by atoms with Crippen LogP contribution in [0.4, 0.5) is 0 Å². The van der Waals surface area contributed by atoms with Crippen molar-refractivity contribution in [3.8, 4) is 0 Å². The maximum absolute atomic E-state index is 10.4. The number of aliphatic hydroxyl groups excluding tert-OH is 1. The molecule has 0 aliphatic carbocycles. The monoisotopic (exact) mass is 174 g/mol. The molecular weight excluding hydrogens is 156 g/mol. The second kappa shape index (κ2) is 7.06. The Kier molecular flexibility index (Phi) is 6.70. The van der Waals surface area contributed by atoms with Gasteiger partial charge in [-0.15, -0.1) is 0 Å². The molecule has 0 aromatic rings. The fraction of sp³-hybridized carbons (Fsp3) is 0.875. The summed E-state index contributed by atoms with van der Waals surface area (Å²) < 4.78 is 0. The number of hydrogen-bond donors (Lipinski definition) is 2. The van der Waals surface area contributed by atoms with Crippen molar-refractivity contribution in [3.63, 3.8) is 0 Å². The third-order valence-corrected chi connectivity index (χ3v) is 1.57. The fourth-order valence-corrected chi connectivity index (χ4v) is 0.896. The van der Waals surface area contributed by atoms with Crippen LogP contribution in [0.1, 0.15) is 13.3 Å². The summed E-state index contributed by atoms with van der Waals surface area (Å²) in [5.74, 6) is 0.0137. The van der Waals surface area contributed by atoms with Gasteiger partial charge in [-0.05, 0) is 20.0 Å². The molecule has 0 unspecified atom stereocenters. The van der Waals surface area contributed by atoms with E-state index in [1.807, 2.05) is 11.9 Å². The van der Waals surface area contributed by atoms with E-state index < -0.39 is 0 Å². The number of nitrogens with one attached hydrogen (secondary N) is 1. The lowest BCUT2D eigenvalue weighted by molar-refractivity contribution is -0.118. The smallest absolute Gasteiger partial charge is 0.216 e. The minimum atomic E-state index is 0.0137. The van der Waals surface area contributed by atoms with E-state index in [0.717, 1.165) is 13.0 Å². The Hall–Kier alpha value is -0.610. The predicted octanol–water partition coefficient (Wildman–Crippen LogP) is -0.563. The van der Waals surface area contributed by atoms with Crippen LogP contribution in [-0.2, 0) is 4.79 Å². The highest BCUT2D eigenvalue weighted by molar-refractivity contribution is 5.72. The molecule has 2 N–H and O–H groups in total. The zero-order chi connectivity index (χ0) is 9.40. The van der Waals surface area contributed by atoms with Crippen molar-refractivity contribution in [3.05, 3.63) is 0 Å². The number of likely N-dealkylation sites (N-methyl/N-ethyl adjacent to an activating group) is 1. The summed E-state index contributed by atoms with van der Waals surface area (Å²) in [5.41, 5.74) is 0. The molecule has 0 saturated carbocycles. The molecule has 1 amide bonds. The van der Waals surface area contributed by atoms with E-state index >= 15 is 0 Å². The second-order valence-corrected chi connectivity index (χ2v) is 2.86. The first-order valence-corrected chi connectivity index (χ1v) is 4.20. The van der Waals surface area contributed by atoms with Crippen LogP contribution >= 0.6 is 0 Å². The number of rotatable bonds is 6. The molecule has 0 spiro atoms. The summed E-state index contributed by atoms with van der Waals surface area (Å²) in [4.78, 5) is 12.5. The van der Waals surface area contributed by atoms with Crippen LogP contribution in [0.2, 0.25) is 0 Å². The van der Waals surface area contributed by atoms with Crippen LogP contribution < -0.4 is 5.32 Å². The Morgan fingerprint density at radius 1 is 1.50 bits per heavy atom. The number of amides is 1. The molecule has 0 bridgehead atoms. The lowest BCUT2D eigenvalue weighted by Crippen LogP contribution is -2.28. The van der Waals surface area contributed by atoms with Gasteiger partial charge in [0.15, 0.2) is 0 Å². The Morgan fingerprint density at radius 2 is 2.17 bits per heavy atom. The number of carbonyl (C=O) groups is 1. The minimum absolute atomic E-state index is 0.0137. The molecule has 0 atom stereocenters. The summed E-state index contributed by atoms with van der Waals surface area (Å²) in [6.45, 7) is 4.01. The summed E-state index contributed by atoms with van der Waals surface area (Å²) in [5, 5.41) is 11.3. The first kappa shape index (κ1) is 11.4. The molecule has 12 heavy (non-hydrogen) atoms. The van der Waals surface area contributed by atoms with Crippen molar-refractivity contribution >= 4 is 5.91 Å². The Morgan fingerprint density at radius 3 is 2.67 bits per heavy atom. The Labute approximate surface area is 73.6 Å². The lowest BCUT2D eigenvalue weighted by Gasteiger charge is -2.14. The molecule has 72 valence electrons. The Bertz CT molecular complexity index is 128. The second-order valence-electron chi connectivity index (χ2n) is 2.86. The SMILES string of the molecule is CC(=O)NCCCN(C)CCO. The van der Waals surface area contributed by atoms with E-state index in [-0.39, 0.29) is 12.5 Å². The van der Waals surface area contributed by atoms with Gasteiger partial charge >= 0.3 is 0 Å². The van der Waals surface area contributed by atoms with E-state index in [4.69, 9.17) is 5.11 Å². The maximum atomic E-state index is 10.4. The van der Waals surface area contributed by atoms with E-state index in [0.29, 0.717) is 13.1 Å². The highest BCUT2D eigenvalue weighted by atomic mass is 16.3. The minimum Gasteiger partial charge on any atom is -0.395 e. The topological polar surface area (TPSA) is 52.6 Å². The average molecular weight is 174 g/mol. The number of aliphatic hydroxyl groups is 1. The van der Waals surface area contributed by atoms with E-state index in [1.165, 1.54) is 6.92 Å². The van der Waals surface area contributed by atoms with Gasteiger partial charge in [-0.2, -0.15) is 0 Å². The van der Waals surface area contributed by atoms with Crippen molar-refractivity contribution < 1.29 is 9.90 Å². The summed E-state index contributed by atoms with van der Waals surface area (Å²) >= 11 is 0. The quantitative estimate of drug-likeness (QED) is 0.531. The molecule has 4 nitrogen and oxygen atoms in total. The van der Waals surface area contributed by atoms with Gasteiger partial charge in [0.05, 0.1) is 6.61 Å². The lowest BCUT2D eigenvalue weighted by atomic mass is 10.4. The van der Waals surface area contributed by atoms with Crippen LogP contribution in [0, 0.1) is 0 Å². The first-order chi connectivity index (χ1) is 5.66. The summed E-state index contributed by atoms with van der Waals surface area (Å²) in [6, 6.07) is 0. The molecule has 0 aromatic heterocycles. The normalized spacial score (nSPS) is 10.3. The summed E-state index contributed by atoms with van der Waals surface area (Å²) in [6.07, 6.45) is 0.927. The van der Waals surface area contributed by atoms with Crippen LogP contribution in [0.15, 0.2) is 0 Å². The van der Waals surface area contributed by atoms with E-state index in [1.54, 1.807) is 0 Å². The van der Waals surface area contributed by atoms with Gasteiger partial charge in [-0.1, -0.05) is 0 Å². The van der Waals surface area contributed by atoms with E-state index in [2.05, 4.69) is 5.32 Å². The van der Waals surface area contributed by atoms with Gasteiger partial charge in [0, 0.05) is 20.0 Å². The Balaban J connectivity index is 3.13. The van der Waals surface area contributed by atoms with Crippen molar-refractivity contribution in [2.45, 2.75) is 13.3 Å². The molecule has 0 saturated heterocycles. The van der Waals surface area contributed by atoms with Crippen LogP contribution in [0.3, 0.4) is 0 Å². The third kappa shape index (κ3) is 7.50. The van der Waals surface area contributed by atoms with Crippen LogP contribution in [0.25, 0.3) is 0 Å². The van der Waals surface area contributed by atoms with Crippen molar-refractivity contribution in [2.75, 3.05) is 33.3 Å². The van der Waals surface area contributed by atoms with E-state index in [9.17, 15) is 4.79 Å². The molecule has 0 rings (SSSR count). The van der Waals surface area contributed by atoms with Crippen molar-refractivity contribution in [1.82, 2.24) is 10.2 Å². The van der Waals surface area contributed by atoms with Gasteiger partial charge in [-0.3, -0.25) is 4.79 Å².